The van der Waals surface area contributed by atoms with E-state index in [9.17, 15) is 0 Å². The maximum Gasteiger partial charge on any atom is 0.123 e. The molecule has 0 spiro atoms. The minimum absolute atomic E-state index is 0.336. The van der Waals surface area contributed by atoms with Gasteiger partial charge in [0.05, 0.1) is 7.11 Å². The highest BCUT2D eigenvalue weighted by atomic mass is 32.1. The third-order valence-corrected chi connectivity index (χ3v) is 4.06. The Morgan fingerprint density at radius 3 is 2.72 bits per heavy atom. The van der Waals surface area contributed by atoms with Gasteiger partial charge in [-0.15, -0.1) is 11.3 Å². The molecule has 0 bridgehead atoms. The number of nitrogens with one attached hydrogen (secondary N) is 1. The Kier molecular flexibility index (Phi) is 4.79. The number of hydrogen-bond donors (Lipinski definition) is 1. The maximum atomic E-state index is 5.43. The molecule has 0 radical (unpaired) electrons. The highest BCUT2D eigenvalue weighted by Crippen LogP contribution is 2.28. The SMILES string of the molecule is CNC(CCc1cccs1)c1ccccc1OC. The summed E-state index contributed by atoms with van der Waals surface area (Å²) in [6.07, 6.45) is 2.18. The molecule has 96 valence electrons. The standard InChI is InChI=1S/C15H19NOS/c1-16-14(10-9-12-6-5-11-18-12)13-7-3-4-8-15(13)17-2/h3-8,11,14,16H,9-10H2,1-2H3. The zero-order chi connectivity index (χ0) is 12.8. The van der Waals surface area contributed by atoms with Crippen LogP contribution in [0.25, 0.3) is 0 Å². The van der Waals surface area contributed by atoms with Crippen LogP contribution in [-0.2, 0) is 6.42 Å². The molecule has 3 heteroatoms. The van der Waals surface area contributed by atoms with Gasteiger partial charge in [-0.1, -0.05) is 24.3 Å². The first kappa shape index (κ1) is 13.1. The average Bonchev–Trinajstić information content (AvgIpc) is 2.93. The molecule has 18 heavy (non-hydrogen) atoms. The quantitative estimate of drug-likeness (QED) is 0.857. The Balaban J connectivity index is 2.08. The van der Waals surface area contributed by atoms with Gasteiger partial charge in [0.1, 0.15) is 5.75 Å². The summed E-state index contributed by atoms with van der Waals surface area (Å²) in [5.41, 5.74) is 1.24. The Bertz CT molecular complexity index is 467. The average molecular weight is 261 g/mol. The molecule has 2 rings (SSSR count). The molecule has 2 nitrogen and oxygen atoms in total. The van der Waals surface area contributed by atoms with E-state index in [2.05, 4.69) is 35.0 Å². The second kappa shape index (κ2) is 6.57. The van der Waals surface area contributed by atoms with Gasteiger partial charge in [-0.2, -0.15) is 0 Å². The number of rotatable bonds is 6. The first-order valence-electron chi connectivity index (χ1n) is 6.17. The van der Waals surface area contributed by atoms with Crippen molar-refractivity contribution in [3.8, 4) is 5.75 Å². The Morgan fingerprint density at radius 1 is 1.22 bits per heavy atom. The summed E-state index contributed by atoms with van der Waals surface area (Å²) in [5.74, 6) is 0.961. The van der Waals surface area contributed by atoms with Crippen molar-refractivity contribution in [3.05, 3.63) is 52.2 Å². The molecule has 0 aliphatic heterocycles. The monoisotopic (exact) mass is 261 g/mol. The number of benzene rings is 1. The van der Waals surface area contributed by atoms with Crippen molar-refractivity contribution >= 4 is 11.3 Å². The van der Waals surface area contributed by atoms with Crippen LogP contribution in [0.4, 0.5) is 0 Å². The van der Waals surface area contributed by atoms with Gasteiger partial charge < -0.3 is 10.1 Å². The number of ether oxygens (including phenoxy) is 1. The normalized spacial score (nSPS) is 12.3. The van der Waals surface area contributed by atoms with E-state index in [0.29, 0.717) is 6.04 Å². The van der Waals surface area contributed by atoms with Crippen molar-refractivity contribution in [2.75, 3.05) is 14.2 Å². The molecule has 0 aliphatic carbocycles. The van der Waals surface area contributed by atoms with Crippen molar-refractivity contribution in [2.45, 2.75) is 18.9 Å². The Hall–Kier alpha value is -1.32. The molecule has 0 saturated carbocycles. The van der Waals surface area contributed by atoms with Crippen LogP contribution < -0.4 is 10.1 Å². The van der Waals surface area contributed by atoms with Crippen molar-refractivity contribution in [1.29, 1.82) is 0 Å². The lowest BCUT2D eigenvalue weighted by molar-refractivity contribution is 0.399. The van der Waals surface area contributed by atoms with E-state index >= 15 is 0 Å². The Morgan fingerprint density at radius 2 is 2.06 bits per heavy atom. The van der Waals surface area contributed by atoms with E-state index < -0.39 is 0 Å². The topological polar surface area (TPSA) is 21.3 Å². The summed E-state index contributed by atoms with van der Waals surface area (Å²) in [6, 6.07) is 12.9. The van der Waals surface area contributed by atoms with Crippen LogP contribution in [0.2, 0.25) is 0 Å². The van der Waals surface area contributed by atoms with Crippen molar-refractivity contribution < 1.29 is 4.74 Å². The lowest BCUT2D eigenvalue weighted by atomic mass is 10.0. The molecule has 0 aliphatic rings. The maximum absolute atomic E-state index is 5.43. The van der Waals surface area contributed by atoms with Gasteiger partial charge >= 0.3 is 0 Å². The molecule has 1 atom stereocenters. The molecule has 1 aromatic carbocycles. The van der Waals surface area contributed by atoms with Gasteiger partial charge in [0, 0.05) is 16.5 Å². The van der Waals surface area contributed by atoms with Gasteiger partial charge in [-0.25, -0.2) is 0 Å². The smallest absolute Gasteiger partial charge is 0.123 e. The van der Waals surface area contributed by atoms with E-state index in [-0.39, 0.29) is 0 Å². The van der Waals surface area contributed by atoms with E-state index in [0.717, 1.165) is 18.6 Å². The number of thiophene rings is 1. The van der Waals surface area contributed by atoms with Crippen LogP contribution in [0.15, 0.2) is 41.8 Å². The van der Waals surface area contributed by atoms with E-state index in [1.165, 1.54) is 10.4 Å². The fraction of sp³-hybridized carbons (Fsp3) is 0.333. The van der Waals surface area contributed by atoms with Crippen molar-refractivity contribution in [3.63, 3.8) is 0 Å². The van der Waals surface area contributed by atoms with Crippen LogP contribution >= 0.6 is 11.3 Å². The Labute approximate surface area is 113 Å². The first-order chi connectivity index (χ1) is 8.85. The van der Waals surface area contributed by atoms with Gasteiger partial charge in [-0.05, 0) is 37.4 Å². The van der Waals surface area contributed by atoms with Crippen LogP contribution in [0, 0.1) is 0 Å². The summed E-state index contributed by atoms with van der Waals surface area (Å²) in [7, 11) is 3.73. The van der Waals surface area contributed by atoms with E-state index in [1.807, 2.05) is 30.5 Å². The summed E-state index contributed by atoms with van der Waals surface area (Å²) in [4.78, 5) is 1.44. The van der Waals surface area contributed by atoms with Gasteiger partial charge in [-0.3, -0.25) is 0 Å². The number of hydrogen-bond acceptors (Lipinski definition) is 3. The minimum atomic E-state index is 0.336. The third-order valence-electron chi connectivity index (χ3n) is 3.12. The highest BCUT2D eigenvalue weighted by molar-refractivity contribution is 7.09. The highest BCUT2D eigenvalue weighted by Gasteiger charge is 2.13. The molecule has 2 aromatic rings. The zero-order valence-corrected chi connectivity index (χ0v) is 11.7. The summed E-state index contributed by atoms with van der Waals surface area (Å²) in [5, 5.41) is 5.51. The molecule has 0 fully saturated rings. The fourth-order valence-electron chi connectivity index (χ4n) is 2.15. The summed E-state index contributed by atoms with van der Waals surface area (Å²) >= 11 is 1.82. The zero-order valence-electron chi connectivity index (χ0n) is 10.8. The lowest BCUT2D eigenvalue weighted by Crippen LogP contribution is -2.17. The molecule has 1 unspecified atom stereocenters. The third kappa shape index (κ3) is 3.12. The van der Waals surface area contributed by atoms with Crippen LogP contribution in [-0.4, -0.2) is 14.2 Å². The lowest BCUT2D eigenvalue weighted by Gasteiger charge is -2.19. The molecule has 0 saturated heterocycles. The van der Waals surface area contributed by atoms with E-state index in [4.69, 9.17) is 4.74 Å². The van der Waals surface area contributed by atoms with Crippen molar-refractivity contribution in [1.82, 2.24) is 5.32 Å². The van der Waals surface area contributed by atoms with Gasteiger partial charge in [0.2, 0.25) is 0 Å². The number of methoxy groups -OCH3 is 1. The predicted octanol–water partition coefficient (Wildman–Crippen LogP) is 3.65. The molecular formula is C15H19NOS. The molecular weight excluding hydrogens is 242 g/mol. The predicted molar refractivity (Wildman–Crippen MR) is 77.4 cm³/mol. The second-order valence-electron chi connectivity index (χ2n) is 4.20. The van der Waals surface area contributed by atoms with Crippen LogP contribution in [0.5, 0.6) is 5.75 Å². The van der Waals surface area contributed by atoms with Gasteiger partial charge in [0.15, 0.2) is 0 Å². The number of para-hydroxylation sites is 1. The summed E-state index contributed by atoms with van der Waals surface area (Å²) in [6.45, 7) is 0. The molecule has 1 heterocycles. The molecule has 0 amide bonds. The molecule has 1 N–H and O–H groups in total. The minimum Gasteiger partial charge on any atom is -0.496 e. The second-order valence-corrected chi connectivity index (χ2v) is 5.23. The van der Waals surface area contributed by atoms with E-state index in [1.54, 1.807) is 7.11 Å². The van der Waals surface area contributed by atoms with Crippen molar-refractivity contribution in [2.24, 2.45) is 0 Å². The fourth-order valence-corrected chi connectivity index (χ4v) is 2.88. The van der Waals surface area contributed by atoms with Gasteiger partial charge in [0.25, 0.3) is 0 Å². The molecule has 1 aromatic heterocycles. The van der Waals surface area contributed by atoms with Crippen LogP contribution in [0.1, 0.15) is 22.9 Å². The summed E-state index contributed by atoms with van der Waals surface area (Å²) < 4.78 is 5.43. The largest absolute Gasteiger partial charge is 0.496 e. The first-order valence-corrected chi connectivity index (χ1v) is 7.05. The number of aryl methyl sites for hydroxylation is 1. The van der Waals surface area contributed by atoms with Crippen LogP contribution in [0.3, 0.4) is 0 Å².